The van der Waals surface area contributed by atoms with Gasteiger partial charge in [0.2, 0.25) is 0 Å². The smallest absolute Gasteiger partial charge is 0.282 e. The van der Waals surface area contributed by atoms with Gasteiger partial charge in [0, 0.05) is 12.6 Å². The van der Waals surface area contributed by atoms with Gasteiger partial charge in [0.05, 0.1) is 23.3 Å². The number of nitrogens with one attached hydrogen (secondary N) is 1. The second-order valence-electron chi connectivity index (χ2n) is 6.54. The summed E-state index contributed by atoms with van der Waals surface area (Å²) in [6.07, 6.45) is 1.66. The standard InChI is InChI=1S/C20H24N4O2/c1-13-18(15(3)24(4)23-13)22-20(25)14(2)21-19(17-11-8-12-26-17)16-9-6-5-7-10-16/h5-12,14,19,21H,1-4H3,(H,22,25)/p+1/t14-,19-/m1/s1. The minimum atomic E-state index is -0.302. The summed E-state index contributed by atoms with van der Waals surface area (Å²) in [5.41, 5.74) is 3.63. The van der Waals surface area contributed by atoms with Gasteiger partial charge in [0.1, 0.15) is 0 Å². The first-order valence-corrected chi connectivity index (χ1v) is 8.71. The number of aryl methyl sites for hydroxylation is 2. The quantitative estimate of drug-likeness (QED) is 0.714. The number of anilines is 1. The van der Waals surface area contributed by atoms with Crippen LogP contribution in [0.1, 0.15) is 35.7 Å². The zero-order valence-electron chi connectivity index (χ0n) is 15.6. The second-order valence-corrected chi connectivity index (χ2v) is 6.54. The Kier molecular flexibility index (Phi) is 5.23. The van der Waals surface area contributed by atoms with Crippen LogP contribution in [-0.2, 0) is 11.8 Å². The molecule has 2 atom stereocenters. The van der Waals surface area contributed by atoms with Crippen LogP contribution in [0.3, 0.4) is 0 Å². The molecule has 3 rings (SSSR count). The lowest BCUT2D eigenvalue weighted by atomic mass is 10.0. The van der Waals surface area contributed by atoms with E-state index in [9.17, 15) is 4.79 Å². The van der Waals surface area contributed by atoms with Crippen LogP contribution < -0.4 is 10.6 Å². The summed E-state index contributed by atoms with van der Waals surface area (Å²) >= 11 is 0. The molecule has 0 fully saturated rings. The highest BCUT2D eigenvalue weighted by atomic mass is 16.3. The molecule has 3 aromatic rings. The van der Waals surface area contributed by atoms with Crippen molar-refractivity contribution in [2.75, 3.05) is 5.32 Å². The molecule has 2 heterocycles. The number of amides is 1. The van der Waals surface area contributed by atoms with E-state index in [4.69, 9.17) is 4.42 Å². The molecule has 0 saturated heterocycles. The van der Waals surface area contributed by atoms with Gasteiger partial charge in [-0.25, -0.2) is 0 Å². The average molecular weight is 353 g/mol. The van der Waals surface area contributed by atoms with Gasteiger partial charge in [0.25, 0.3) is 5.91 Å². The van der Waals surface area contributed by atoms with Crippen LogP contribution in [0.4, 0.5) is 5.69 Å². The molecule has 0 unspecified atom stereocenters. The van der Waals surface area contributed by atoms with Crippen molar-refractivity contribution >= 4 is 11.6 Å². The topological polar surface area (TPSA) is 76.7 Å². The Hall–Kier alpha value is -2.86. The molecule has 1 aromatic carbocycles. The molecule has 0 spiro atoms. The Bertz CT molecular complexity index is 869. The number of rotatable bonds is 6. The highest BCUT2D eigenvalue weighted by Crippen LogP contribution is 2.20. The number of benzene rings is 1. The predicted molar refractivity (Wildman–Crippen MR) is 99.7 cm³/mol. The molecule has 6 heteroatoms. The van der Waals surface area contributed by atoms with Crippen molar-refractivity contribution in [1.29, 1.82) is 0 Å². The maximum atomic E-state index is 12.8. The highest BCUT2D eigenvalue weighted by molar-refractivity contribution is 5.94. The molecule has 0 aliphatic carbocycles. The van der Waals surface area contributed by atoms with Crippen molar-refractivity contribution in [2.24, 2.45) is 7.05 Å². The van der Waals surface area contributed by atoms with Crippen LogP contribution in [0.2, 0.25) is 0 Å². The number of hydrogen-bond acceptors (Lipinski definition) is 3. The van der Waals surface area contributed by atoms with Gasteiger partial charge in [-0.15, -0.1) is 0 Å². The summed E-state index contributed by atoms with van der Waals surface area (Å²) < 4.78 is 7.39. The molecule has 0 aliphatic rings. The molecule has 2 aromatic heterocycles. The SMILES string of the molecule is Cc1nn(C)c(C)c1NC(=O)[C@@H](C)[NH2+][C@H](c1ccccc1)c1ccco1. The number of furan rings is 1. The summed E-state index contributed by atoms with van der Waals surface area (Å²) in [6.45, 7) is 5.74. The van der Waals surface area contributed by atoms with Gasteiger partial charge in [-0.3, -0.25) is 9.48 Å². The molecule has 0 radical (unpaired) electrons. The van der Waals surface area contributed by atoms with E-state index in [1.165, 1.54) is 0 Å². The van der Waals surface area contributed by atoms with Crippen molar-refractivity contribution in [3.8, 4) is 0 Å². The maximum absolute atomic E-state index is 12.8. The fraction of sp³-hybridized carbons (Fsp3) is 0.300. The number of hydrogen-bond donors (Lipinski definition) is 2. The minimum Gasteiger partial charge on any atom is -0.463 e. The summed E-state index contributed by atoms with van der Waals surface area (Å²) in [7, 11) is 1.87. The zero-order chi connectivity index (χ0) is 18.7. The average Bonchev–Trinajstić information content (AvgIpc) is 3.25. The molecule has 6 nitrogen and oxygen atoms in total. The van der Waals surface area contributed by atoms with Crippen molar-refractivity contribution in [1.82, 2.24) is 9.78 Å². The van der Waals surface area contributed by atoms with Crippen molar-refractivity contribution in [3.63, 3.8) is 0 Å². The molecular formula is C20H25N4O2+. The number of aromatic nitrogens is 2. The van der Waals surface area contributed by atoms with Crippen molar-refractivity contribution in [2.45, 2.75) is 32.9 Å². The third-order valence-corrected chi connectivity index (χ3v) is 4.66. The number of nitrogens with two attached hydrogens (primary N) is 1. The van der Waals surface area contributed by atoms with Crippen molar-refractivity contribution in [3.05, 3.63) is 71.4 Å². The first-order valence-electron chi connectivity index (χ1n) is 8.71. The number of nitrogens with zero attached hydrogens (tertiary/aromatic N) is 2. The van der Waals surface area contributed by atoms with E-state index in [2.05, 4.69) is 10.4 Å². The normalized spacial score (nSPS) is 13.4. The molecule has 0 aliphatic heterocycles. The molecule has 136 valence electrons. The van der Waals surface area contributed by atoms with Crippen LogP contribution in [0, 0.1) is 13.8 Å². The fourth-order valence-electron chi connectivity index (χ4n) is 3.07. The van der Waals surface area contributed by atoms with Crippen LogP contribution in [-0.4, -0.2) is 21.7 Å². The van der Waals surface area contributed by atoms with Crippen LogP contribution in [0.25, 0.3) is 0 Å². The first-order chi connectivity index (χ1) is 12.5. The molecule has 0 bridgehead atoms. The van der Waals surface area contributed by atoms with Gasteiger partial charge < -0.3 is 15.1 Å². The number of carbonyl (C=O) groups excluding carboxylic acids is 1. The fourth-order valence-corrected chi connectivity index (χ4v) is 3.07. The minimum absolute atomic E-state index is 0.0586. The molecule has 26 heavy (non-hydrogen) atoms. The third-order valence-electron chi connectivity index (χ3n) is 4.66. The van der Waals surface area contributed by atoms with Gasteiger partial charge in [-0.1, -0.05) is 30.3 Å². The zero-order valence-corrected chi connectivity index (χ0v) is 15.6. The van der Waals surface area contributed by atoms with E-state index in [1.807, 2.05) is 75.6 Å². The molecule has 1 amide bonds. The molecular weight excluding hydrogens is 328 g/mol. The molecule has 3 N–H and O–H groups in total. The Balaban J connectivity index is 1.77. The predicted octanol–water partition coefficient (Wildman–Crippen LogP) is 2.31. The first kappa shape index (κ1) is 17.9. The molecule has 0 saturated carbocycles. The van der Waals surface area contributed by atoms with E-state index >= 15 is 0 Å². The Labute approximate surface area is 153 Å². The van der Waals surface area contributed by atoms with E-state index in [0.29, 0.717) is 0 Å². The lowest BCUT2D eigenvalue weighted by molar-refractivity contribution is -0.706. The van der Waals surface area contributed by atoms with Crippen LogP contribution in [0.5, 0.6) is 0 Å². The number of quaternary nitrogens is 1. The second kappa shape index (κ2) is 7.58. The van der Waals surface area contributed by atoms with E-state index in [-0.39, 0.29) is 18.0 Å². The van der Waals surface area contributed by atoms with Gasteiger partial charge >= 0.3 is 0 Å². The number of carbonyl (C=O) groups is 1. The summed E-state index contributed by atoms with van der Waals surface area (Å²) in [6, 6.07) is 13.5. The maximum Gasteiger partial charge on any atom is 0.282 e. The van der Waals surface area contributed by atoms with Gasteiger partial charge in [-0.05, 0) is 32.9 Å². The van der Waals surface area contributed by atoms with Crippen LogP contribution in [0.15, 0.2) is 53.1 Å². The summed E-state index contributed by atoms with van der Waals surface area (Å²) in [4.78, 5) is 12.8. The van der Waals surface area contributed by atoms with Gasteiger partial charge in [-0.2, -0.15) is 5.10 Å². The Morgan fingerprint density at radius 3 is 2.50 bits per heavy atom. The monoisotopic (exact) mass is 353 g/mol. The van der Waals surface area contributed by atoms with Crippen LogP contribution >= 0.6 is 0 Å². The summed E-state index contributed by atoms with van der Waals surface area (Å²) in [5, 5.41) is 9.38. The van der Waals surface area contributed by atoms with Gasteiger partial charge in [0.15, 0.2) is 17.8 Å². The van der Waals surface area contributed by atoms with E-state index in [0.717, 1.165) is 28.4 Å². The Morgan fingerprint density at radius 1 is 1.19 bits per heavy atom. The largest absolute Gasteiger partial charge is 0.463 e. The third kappa shape index (κ3) is 3.70. The lowest BCUT2D eigenvalue weighted by Gasteiger charge is -2.19. The highest BCUT2D eigenvalue weighted by Gasteiger charge is 2.27. The van der Waals surface area contributed by atoms with E-state index in [1.54, 1.807) is 10.9 Å². The summed E-state index contributed by atoms with van der Waals surface area (Å²) in [5.74, 6) is 0.765. The lowest BCUT2D eigenvalue weighted by Crippen LogP contribution is -2.92. The van der Waals surface area contributed by atoms with Crippen molar-refractivity contribution < 1.29 is 14.5 Å². The Morgan fingerprint density at radius 2 is 1.92 bits per heavy atom. The van der Waals surface area contributed by atoms with E-state index < -0.39 is 0 Å².